The van der Waals surface area contributed by atoms with E-state index >= 15 is 0 Å². The van der Waals surface area contributed by atoms with Crippen LogP contribution >= 0.6 is 23.2 Å². The minimum atomic E-state index is -0.325. The van der Waals surface area contributed by atoms with Crippen molar-refractivity contribution in [2.24, 2.45) is 0 Å². The second-order valence-electron chi connectivity index (χ2n) is 4.91. The molecular formula is C15H16Cl2N2O2. The maximum absolute atomic E-state index is 12.0. The van der Waals surface area contributed by atoms with Gasteiger partial charge in [0.1, 0.15) is 5.75 Å². The molecular weight excluding hydrogens is 311 g/mol. The third-order valence-corrected chi connectivity index (χ3v) is 3.96. The van der Waals surface area contributed by atoms with Gasteiger partial charge >= 0.3 is 5.97 Å². The van der Waals surface area contributed by atoms with Crippen molar-refractivity contribution in [1.82, 2.24) is 9.78 Å². The molecule has 0 radical (unpaired) electrons. The Balaban J connectivity index is 2.01. The maximum Gasteiger partial charge on any atom is 0.313 e. The van der Waals surface area contributed by atoms with Crippen LogP contribution in [0.1, 0.15) is 30.8 Å². The first-order chi connectivity index (χ1) is 9.88. The summed E-state index contributed by atoms with van der Waals surface area (Å²) in [6.07, 6.45) is 0.209. The standard InChI is InChI=1S/C15H16Cl2N2O2/c1-9(19-11(3)15(17)10(2)18-19)8-14(20)21-13-6-4-12(16)5-7-13/h4-7,9H,8H2,1-3H3/t9-/m1/s1. The van der Waals surface area contributed by atoms with Crippen LogP contribution in [-0.4, -0.2) is 15.7 Å². The first-order valence-corrected chi connectivity index (χ1v) is 7.31. The number of carbonyl (C=O) groups is 1. The second kappa shape index (κ2) is 6.50. The van der Waals surface area contributed by atoms with Gasteiger partial charge in [-0.25, -0.2) is 0 Å². The average Bonchev–Trinajstić information content (AvgIpc) is 2.69. The molecule has 112 valence electrons. The summed E-state index contributed by atoms with van der Waals surface area (Å²) in [5.41, 5.74) is 1.60. The highest BCUT2D eigenvalue weighted by Crippen LogP contribution is 2.24. The summed E-state index contributed by atoms with van der Waals surface area (Å²) in [6.45, 7) is 5.62. The normalized spacial score (nSPS) is 12.2. The summed E-state index contributed by atoms with van der Waals surface area (Å²) in [6, 6.07) is 6.54. The zero-order chi connectivity index (χ0) is 15.6. The van der Waals surface area contributed by atoms with Crippen molar-refractivity contribution in [3.63, 3.8) is 0 Å². The highest BCUT2D eigenvalue weighted by atomic mass is 35.5. The van der Waals surface area contributed by atoms with Gasteiger partial charge in [0.2, 0.25) is 0 Å². The molecule has 0 bridgehead atoms. The number of halogens is 2. The largest absolute Gasteiger partial charge is 0.426 e. The Bertz CT molecular complexity index is 650. The Morgan fingerprint density at radius 2 is 1.90 bits per heavy atom. The highest BCUT2D eigenvalue weighted by molar-refractivity contribution is 6.31. The molecule has 2 rings (SSSR count). The molecule has 0 spiro atoms. The van der Waals surface area contributed by atoms with Gasteiger partial charge < -0.3 is 4.74 Å². The van der Waals surface area contributed by atoms with Crippen LogP contribution in [0.15, 0.2) is 24.3 Å². The summed E-state index contributed by atoms with van der Waals surface area (Å²) in [5, 5.41) is 5.57. The number of aromatic nitrogens is 2. The Labute approximate surface area is 133 Å². The number of carbonyl (C=O) groups excluding carboxylic acids is 1. The van der Waals surface area contributed by atoms with E-state index in [0.717, 1.165) is 11.4 Å². The molecule has 6 heteroatoms. The third-order valence-electron chi connectivity index (χ3n) is 3.16. The lowest BCUT2D eigenvalue weighted by atomic mass is 10.2. The van der Waals surface area contributed by atoms with Crippen LogP contribution in [0.2, 0.25) is 10.0 Å². The van der Waals surface area contributed by atoms with E-state index in [1.54, 1.807) is 28.9 Å². The minimum Gasteiger partial charge on any atom is -0.426 e. The molecule has 1 atom stereocenters. The second-order valence-corrected chi connectivity index (χ2v) is 5.72. The van der Waals surface area contributed by atoms with Crippen molar-refractivity contribution in [2.75, 3.05) is 0 Å². The number of hydrogen-bond donors (Lipinski definition) is 0. The SMILES string of the molecule is Cc1nn([C@H](C)CC(=O)Oc2ccc(Cl)cc2)c(C)c1Cl. The molecule has 0 saturated carbocycles. The number of benzene rings is 1. The third kappa shape index (κ3) is 3.77. The lowest BCUT2D eigenvalue weighted by molar-refractivity contribution is -0.135. The molecule has 0 fully saturated rings. The molecule has 1 aromatic heterocycles. The highest BCUT2D eigenvalue weighted by Gasteiger charge is 2.18. The Morgan fingerprint density at radius 3 is 2.43 bits per heavy atom. The van der Waals surface area contributed by atoms with Crippen LogP contribution in [-0.2, 0) is 4.79 Å². The van der Waals surface area contributed by atoms with Crippen LogP contribution in [0.3, 0.4) is 0 Å². The van der Waals surface area contributed by atoms with Crippen LogP contribution in [0.4, 0.5) is 0 Å². The van der Waals surface area contributed by atoms with Gasteiger partial charge in [-0.1, -0.05) is 23.2 Å². The minimum absolute atomic E-state index is 0.129. The van der Waals surface area contributed by atoms with Gasteiger partial charge in [-0.2, -0.15) is 5.10 Å². The van der Waals surface area contributed by atoms with Crippen molar-refractivity contribution >= 4 is 29.2 Å². The van der Waals surface area contributed by atoms with E-state index in [4.69, 9.17) is 27.9 Å². The van der Waals surface area contributed by atoms with Crippen molar-refractivity contribution in [3.05, 3.63) is 45.7 Å². The predicted octanol–water partition coefficient (Wildman–Crippen LogP) is 4.36. The van der Waals surface area contributed by atoms with E-state index in [1.807, 2.05) is 20.8 Å². The lowest BCUT2D eigenvalue weighted by Crippen LogP contribution is -2.17. The Hall–Kier alpha value is -1.52. The molecule has 0 amide bonds. The number of hydrogen-bond acceptors (Lipinski definition) is 3. The van der Waals surface area contributed by atoms with Crippen molar-refractivity contribution in [1.29, 1.82) is 0 Å². The summed E-state index contributed by atoms with van der Waals surface area (Å²) in [4.78, 5) is 12.0. The number of ether oxygens (including phenoxy) is 1. The van der Waals surface area contributed by atoms with Crippen molar-refractivity contribution in [2.45, 2.75) is 33.2 Å². The molecule has 0 N–H and O–H groups in total. The fraction of sp³-hybridized carbons (Fsp3) is 0.333. The maximum atomic E-state index is 12.0. The van der Waals surface area contributed by atoms with E-state index in [2.05, 4.69) is 5.10 Å². The quantitative estimate of drug-likeness (QED) is 0.619. The van der Waals surface area contributed by atoms with Crippen LogP contribution < -0.4 is 4.74 Å². The Kier molecular flexibility index (Phi) is 4.91. The first-order valence-electron chi connectivity index (χ1n) is 6.56. The summed E-state index contributed by atoms with van der Waals surface area (Å²) in [5.74, 6) is 0.150. The zero-order valence-corrected chi connectivity index (χ0v) is 13.6. The van der Waals surface area contributed by atoms with E-state index in [-0.39, 0.29) is 18.4 Å². The molecule has 0 unspecified atom stereocenters. The summed E-state index contributed by atoms with van der Waals surface area (Å²) in [7, 11) is 0. The number of rotatable bonds is 4. The fourth-order valence-electron chi connectivity index (χ4n) is 2.08. The molecule has 0 saturated heterocycles. The fourth-order valence-corrected chi connectivity index (χ4v) is 2.33. The van der Waals surface area contributed by atoms with Gasteiger partial charge in [-0.15, -0.1) is 0 Å². The molecule has 1 heterocycles. The molecule has 0 aliphatic rings. The molecule has 1 aromatic carbocycles. The monoisotopic (exact) mass is 326 g/mol. The number of esters is 1. The van der Waals surface area contributed by atoms with Gasteiger partial charge in [0.05, 0.1) is 28.9 Å². The van der Waals surface area contributed by atoms with Gasteiger partial charge in [-0.05, 0) is 45.0 Å². The topological polar surface area (TPSA) is 44.1 Å². The average molecular weight is 327 g/mol. The van der Waals surface area contributed by atoms with Crippen molar-refractivity contribution in [3.8, 4) is 5.75 Å². The van der Waals surface area contributed by atoms with Crippen LogP contribution in [0.5, 0.6) is 5.75 Å². The summed E-state index contributed by atoms with van der Waals surface area (Å²) < 4.78 is 7.02. The van der Waals surface area contributed by atoms with Gasteiger partial charge in [0.25, 0.3) is 0 Å². The first kappa shape index (κ1) is 15.9. The zero-order valence-electron chi connectivity index (χ0n) is 12.1. The smallest absolute Gasteiger partial charge is 0.313 e. The Morgan fingerprint density at radius 1 is 1.29 bits per heavy atom. The van der Waals surface area contributed by atoms with Gasteiger partial charge in [0.15, 0.2) is 0 Å². The predicted molar refractivity (Wildman–Crippen MR) is 83.1 cm³/mol. The molecule has 0 aliphatic heterocycles. The number of aryl methyl sites for hydroxylation is 1. The number of nitrogens with zero attached hydrogens (tertiary/aromatic N) is 2. The van der Waals surface area contributed by atoms with E-state index in [1.165, 1.54) is 0 Å². The summed E-state index contributed by atoms with van der Waals surface area (Å²) >= 11 is 11.9. The molecule has 0 aliphatic carbocycles. The van der Waals surface area contributed by atoms with E-state index in [9.17, 15) is 4.79 Å². The molecule has 21 heavy (non-hydrogen) atoms. The van der Waals surface area contributed by atoms with Crippen LogP contribution in [0, 0.1) is 13.8 Å². The van der Waals surface area contributed by atoms with Crippen molar-refractivity contribution < 1.29 is 9.53 Å². The van der Waals surface area contributed by atoms with Gasteiger partial charge in [0, 0.05) is 5.02 Å². The van der Waals surface area contributed by atoms with E-state index < -0.39 is 0 Å². The van der Waals surface area contributed by atoms with Gasteiger partial charge in [-0.3, -0.25) is 9.48 Å². The molecule has 4 nitrogen and oxygen atoms in total. The van der Waals surface area contributed by atoms with Crippen LogP contribution in [0.25, 0.3) is 0 Å². The lowest BCUT2D eigenvalue weighted by Gasteiger charge is -2.13. The molecule has 2 aromatic rings. The van der Waals surface area contributed by atoms with E-state index in [0.29, 0.717) is 15.8 Å².